The molecule has 0 saturated carbocycles. The number of unbranched alkanes of at least 4 members (excludes halogenated alkanes) is 6. The van der Waals surface area contributed by atoms with Gasteiger partial charge >= 0.3 is 6.18 Å². The normalized spacial score (nSPS) is 18.6. The van der Waals surface area contributed by atoms with Crippen molar-refractivity contribution in [3.8, 4) is 0 Å². The third-order valence-corrected chi connectivity index (χ3v) is 4.50. The van der Waals surface area contributed by atoms with Crippen LogP contribution in [0.1, 0.15) is 57.8 Å². The van der Waals surface area contributed by atoms with Gasteiger partial charge in [-0.1, -0.05) is 32.1 Å². The molecule has 0 radical (unpaired) electrons. The number of halogens is 3. The second-order valence-corrected chi connectivity index (χ2v) is 6.30. The van der Waals surface area contributed by atoms with E-state index in [4.69, 9.17) is 0 Å². The van der Waals surface area contributed by atoms with E-state index in [0.29, 0.717) is 13.1 Å². The Bertz CT molecular complexity index is 238. The van der Waals surface area contributed by atoms with Crippen LogP contribution in [0.15, 0.2) is 0 Å². The minimum atomic E-state index is -3.99. The number of rotatable bonds is 9. The molecule has 0 N–H and O–H groups in total. The number of alkyl halides is 3. The molecule has 20 heavy (non-hydrogen) atoms. The van der Waals surface area contributed by atoms with E-state index in [2.05, 4.69) is 17.5 Å². The van der Waals surface area contributed by atoms with Gasteiger partial charge in [0, 0.05) is 0 Å². The highest BCUT2D eigenvalue weighted by Gasteiger charge is 2.40. The van der Waals surface area contributed by atoms with Crippen molar-refractivity contribution in [2.45, 2.75) is 64.0 Å². The molecule has 0 atom stereocenters. The van der Waals surface area contributed by atoms with Crippen LogP contribution >= 0.6 is 12.6 Å². The van der Waals surface area contributed by atoms with E-state index in [9.17, 15) is 13.2 Å². The summed E-state index contributed by atoms with van der Waals surface area (Å²) < 4.78 is 37.6. The summed E-state index contributed by atoms with van der Waals surface area (Å²) in [5.74, 6) is -0.0842. The zero-order valence-corrected chi connectivity index (χ0v) is 13.2. The third kappa shape index (κ3) is 7.77. The maximum absolute atomic E-state index is 12.5. The minimum Gasteiger partial charge on any atom is -0.303 e. The number of piperidine rings is 1. The van der Waals surface area contributed by atoms with Crippen LogP contribution in [0, 0.1) is 5.92 Å². The summed E-state index contributed by atoms with van der Waals surface area (Å²) in [5.41, 5.74) is 0. The summed E-state index contributed by atoms with van der Waals surface area (Å²) in [7, 11) is 0. The van der Waals surface area contributed by atoms with E-state index in [-0.39, 0.29) is 12.8 Å². The van der Waals surface area contributed by atoms with Gasteiger partial charge in [0.2, 0.25) is 0 Å². The Morgan fingerprint density at radius 1 is 0.850 bits per heavy atom. The molecule has 1 aliphatic heterocycles. The first-order chi connectivity index (χ1) is 9.54. The summed E-state index contributed by atoms with van der Waals surface area (Å²) in [6, 6.07) is 0. The first-order valence-electron chi connectivity index (χ1n) is 7.94. The average Bonchev–Trinajstić information content (AvgIpc) is 2.41. The predicted octanol–water partition coefficient (Wildman–Crippen LogP) is 4.92. The number of hydrogen-bond acceptors (Lipinski definition) is 2. The Kier molecular flexibility index (Phi) is 9.01. The summed E-state index contributed by atoms with van der Waals surface area (Å²) in [4.78, 5) is 2.20. The summed E-state index contributed by atoms with van der Waals surface area (Å²) in [5, 5.41) is 0. The SMILES string of the molecule is FC(F)(F)C1CCN(CCCCCCCCCS)CC1. The molecule has 5 heteroatoms. The van der Waals surface area contributed by atoms with Crippen LogP contribution in [0.2, 0.25) is 0 Å². The lowest BCUT2D eigenvalue weighted by atomic mass is 9.96. The maximum Gasteiger partial charge on any atom is 0.391 e. The fourth-order valence-corrected chi connectivity index (χ4v) is 3.04. The molecule has 1 nitrogen and oxygen atoms in total. The fraction of sp³-hybridized carbons (Fsp3) is 1.00. The zero-order valence-electron chi connectivity index (χ0n) is 12.3. The average molecular weight is 311 g/mol. The van der Waals surface area contributed by atoms with Crippen LogP contribution in [0.25, 0.3) is 0 Å². The zero-order chi connectivity index (χ0) is 14.8. The molecule has 0 unspecified atom stereocenters. The lowest BCUT2D eigenvalue weighted by molar-refractivity contribution is -0.185. The number of nitrogens with zero attached hydrogens (tertiary/aromatic N) is 1. The largest absolute Gasteiger partial charge is 0.391 e. The van der Waals surface area contributed by atoms with Crippen LogP contribution in [0.5, 0.6) is 0 Å². The van der Waals surface area contributed by atoms with Gasteiger partial charge in [0.05, 0.1) is 5.92 Å². The van der Waals surface area contributed by atoms with E-state index >= 15 is 0 Å². The minimum absolute atomic E-state index is 0.285. The first kappa shape index (κ1) is 18.1. The lowest BCUT2D eigenvalue weighted by Crippen LogP contribution is -2.39. The van der Waals surface area contributed by atoms with Gasteiger partial charge in [-0.2, -0.15) is 25.8 Å². The predicted molar refractivity (Wildman–Crippen MR) is 81.4 cm³/mol. The highest BCUT2D eigenvalue weighted by atomic mass is 32.1. The first-order valence-corrected chi connectivity index (χ1v) is 8.57. The molecule has 0 amide bonds. The van der Waals surface area contributed by atoms with E-state index < -0.39 is 12.1 Å². The molecule has 1 saturated heterocycles. The molecule has 0 spiro atoms. The van der Waals surface area contributed by atoms with Crippen LogP contribution in [0.3, 0.4) is 0 Å². The van der Waals surface area contributed by atoms with E-state index in [1.54, 1.807) is 0 Å². The molecule has 0 aromatic rings. The van der Waals surface area contributed by atoms with Gasteiger partial charge in [-0.25, -0.2) is 0 Å². The van der Waals surface area contributed by atoms with Crippen LogP contribution < -0.4 is 0 Å². The Labute approximate surface area is 126 Å². The highest BCUT2D eigenvalue weighted by molar-refractivity contribution is 7.80. The van der Waals surface area contributed by atoms with Gasteiger partial charge < -0.3 is 4.90 Å². The molecular weight excluding hydrogens is 283 g/mol. The smallest absolute Gasteiger partial charge is 0.303 e. The molecule has 0 aromatic carbocycles. The quantitative estimate of drug-likeness (QED) is 0.467. The van der Waals surface area contributed by atoms with Crippen LogP contribution in [-0.2, 0) is 0 Å². The second kappa shape index (κ2) is 9.93. The van der Waals surface area contributed by atoms with Gasteiger partial charge in [-0.05, 0) is 51.1 Å². The molecule has 0 bridgehead atoms. The van der Waals surface area contributed by atoms with Crippen molar-refractivity contribution in [2.75, 3.05) is 25.4 Å². The van der Waals surface area contributed by atoms with Gasteiger partial charge in [0.1, 0.15) is 0 Å². The number of likely N-dealkylation sites (tertiary alicyclic amines) is 1. The molecule has 120 valence electrons. The molecule has 0 aliphatic carbocycles. The monoisotopic (exact) mass is 311 g/mol. The van der Waals surface area contributed by atoms with Crippen LogP contribution in [-0.4, -0.2) is 36.5 Å². The van der Waals surface area contributed by atoms with Crippen molar-refractivity contribution in [1.29, 1.82) is 0 Å². The number of hydrogen-bond donors (Lipinski definition) is 1. The molecular formula is C15H28F3NS. The summed E-state index contributed by atoms with van der Waals surface area (Å²) >= 11 is 4.19. The fourth-order valence-electron chi connectivity index (χ4n) is 2.81. The second-order valence-electron chi connectivity index (χ2n) is 5.86. The number of thiol groups is 1. The van der Waals surface area contributed by atoms with E-state index in [1.165, 1.54) is 38.5 Å². The molecule has 0 aromatic heterocycles. The highest BCUT2D eigenvalue weighted by Crippen LogP contribution is 2.34. The van der Waals surface area contributed by atoms with Gasteiger partial charge in [-0.15, -0.1) is 0 Å². The third-order valence-electron chi connectivity index (χ3n) is 4.18. The molecule has 1 rings (SSSR count). The van der Waals surface area contributed by atoms with Crippen molar-refractivity contribution in [3.63, 3.8) is 0 Å². The van der Waals surface area contributed by atoms with Crippen molar-refractivity contribution in [2.24, 2.45) is 5.92 Å². The molecule has 1 aliphatic rings. The Morgan fingerprint density at radius 3 is 1.85 bits per heavy atom. The summed E-state index contributed by atoms with van der Waals surface area (Å²) in [6.45, 7) is 2.21. The summed E-state index contributed by atoms with van der Waals surface area (Å²) in [6.07, 6.45) is 5.22. The Hall–Kier alpha value is 0.100. The Balaban J connectivity index is 1.94. The maximum atomic E-state index is 12.5. The van der Waals surface area contributed by atoms with E-state index in [1.807, 2.05) is 0 Å². The Morgan fingerprint density at radius 2 is 1.35 bits per heavy atom. The van der Waals surface area contributed by atoms with Gasteiger partial charge in [0.25, 0.3) is 0 Å². The van der Waals surface area contributed by atoms with Crippen molar-refractivity contribution in [1.82, 2.24) is 4.90 Å². The lowest BCUT2D eigenvalue weighted by Gasteiger charge is -2.32. The van der Waals surface area contributed by atoms with Crippen molar-refractivity contribution >= 4 is 12.6 Å². The van der Waals surface area contributed by atoms with Gasteiger partial charge in [0.15, 0.2) is 0 Å². The van der Waals surface area contributed by atoms with Gasteiger partial charge in [-0.3, -0.25) is 0 Å². The van der Waals surface area contributed by atoms with Crippen molar-refractivity contribution < 1.29 is 13.2 Å². The topological polar surface area (TPSA) is 3.24 Å². The van der Waals surface area contributed by atoms with Crippen LogP contribution in [0.4, 0.5) is 13.2 Å². The molecule has 1 fully saturated rings. The standard InChI is InChI=1S/C15H28F3NS/c16-15(17,18)14-8-11-19(12-9-14)10-6-4-2-1-3-5-7-13-20/h14,20H,1-13H2. The van der Waals surface area contributed by atoms with Crippen molar-refractivity contribution in [3.05, 3.63) is 0 Å². The molecule has 1 heterocycles. The van der Waals surface area contributed by atoms with E-state index in [0.717, 1.165) is 18.7 Å².